The quantitative estimate of drug-likeness (QED) is 0.633. The molecule has 2 nitrogen and oxygen atoms in total. The van der Waals surface area contributed by atoms with E-state index in [1.165, 1.54) is 18.2 Å². The maximum Gasteiger partial charge on any atom is 0.129 e. The number of hydrogen-bond donors (Lipinski definition) is 0. The Kier molecular flexibility index (Phi) is 2.54. The van der Waals surface area contributed by atoms with Crippen molar-refractivity contribution in [3.05, 3.63) is 39.5 Å². The molecule has 0 radical (unpaired) electrons. The molecule has 1 aromatic rings. The fourth-order valence-electron chi connectivity index (χ4n) is 0.748. The summed E-state index contributed by atoms with van der Waals surface area (Å²) in [6.07, 6.45) is 0. The lowest BCUT2D eigenvalue weighted by Gasteiger charge is -1.98. The Morgan fingerprint density at radius 3 is 2.82 bits per heavy atom. The predicted molar refractivity (Wildman–Crippen MR) is 40.9 cm³/mol. The summed E-state index contributed by atoms with van der Waals surface area (Å²) in [5.74, 6) is -0.489. The molecular weight excluding hydrogens is 169 g/mol. The lowest BCUT2D eigenvalue weighted by atomic mass is 10.2. The van der Waals surface area contributed by atoms with Crippen molar-refractivity contribution in [2.45, 2.75) is 6.54 Å². The molecule has 11 heavy (non-hydrogen) atoms. The Balaban J connectivity index is 3.09. The molecule has 0 unspecified atom stereocenters. The second kappa shape index (κ2) is 3.44. The molecule has 4 heteroatoms. The molecule has 0 fully saturated rings. The highest BCUT2D eigenvalue weighted by Crippen LogP contribution is 2.19. The van der Waals surface area contributed by atoms with E-state index in [0.29, 0.717) is 0 Å². The highest BCUT2D eigenvalue weighted by Gasteiger charge is 2.05. The third-order valence-electron chi connectivity index (χ3n) is 1.28. The molecule has 0 atom stereocenters. The number of rotatable bonds is 2. The average Bonchev–Trinajstić information content (AvgIpc) is 1.97. The van der Waals surface area contributed by atoms with E-state index >= 15 is 0 Å². The molecule has 1 aromatic carbocycles. The van der Waals surface area contributed by atoms with Crippen LogP contribution in [0.2, 0.25) is 5.02 Å². The predicted octanol–water partition coefficient (Wildman–Crippen LogP) is 2.75. The van der Waals surface area contributed by atoms with Gasteiger partial charge in [-0.15, -0.1) is 0 Å². The first-order valence-corrected chi connectivity index (χ1v) is 3.35. The monoisotopic (exact) mass is 173 g/mol. The number of nitroso groups, excluding NO2 is 1. The van der Waals surface area contributed by atoms with Gasteiger partial charge in [0.1, 0.15) is 12.4 Å². The van der Waals surface area contributed by atoms with Gasteiger partial charge in [0.2, 0.25) is 0 Å². The van der Waals surface area contributed by atoms with Gasteiger partial charge in [0, 0.05) is 10.6 Å². The summed E-state index contributed by atoms with van der Waals surface area (Å²) in [7, 11) is 0. The molecule has 0 spiro atoms. The minimum atomic E-state index is -0.489. The van der Waals surface area contributed by atoms with Crippen LogP contribution in [0.5, 0.6) is 0 Å². The second-order valence-corrected chi connectivity index (χ2v) is 2.39. The average molecular weight is 174 g/mol. The molecule has 0 aliphatic heterocycles. The highest BCUT2D eigenvalue weighted by atomic mass is 35.5. The third-order valence-corrected chi connectivity index (χ3v) is 1.64. The first kappa shape index (κ1) is 8.14. The van der Waals surface area contributed by atoms with Gasteiger partial charge in [0.05, 0.1) is 0 Å². The van der Waals surface area contributed by atoms with E-state index in [2.05, 4.69) is 5.18 Å². The van der Waals surface area contributed by atoms with Crippen molar-refractivity contribution in [3.8, 4) is 0 Å². The van der Waals surface area contributed by atoms with Crippen LogP contribution < -0.4 is 0 Å². The Morgan fingerprint density at radius 1 is 1.55 bits per heavy atom. The minimum Gasteiger partial charge on any atom is -0.207 e. The highest BCUT2D eigenvalue weighted by molar-refractivity contribution is 6.31. The van der Waals surface area contributed by atoms with Gasteiger partial charge >= 0.3 is 0 Å². The summed E-state index contributed by atoms with van der Waals surface area (Å²) in [5, 5.41) is 2.79. The maximum atomic E-state index is 12.8. The zero-order chi connectivity index (χ0) is 8.27. The van der Waals surface area contributed by atoms with Gasteiger partial charge in [-0.2, -0.15) is 4.91 Å². The Bertz CT molecular complexity index is 257. The number of halogens is 2. The SMILES string of the molecule is O=NCc1c(F)cccc1Cl. The van der Waals surface area contributed by atoms with Crippen molar-refractivity contribution in [1.29, 1.82) is 0 Å². The standard InChI is InChI=1S/C7H5ClFNO/c8-6-2-1-3-7(9)5(6)4-10-11/h1-3H,4H2. The van der Waals surface area contributed by atoms with Gasteiger partial charge in [-0.25, -0.2) is 4.39 Å². The van der Waals surface area contributed by atoms with Gasteiger partial charge < -0.3 is 0 Å². The van der Waals surface area contributed by atoms with E-state index in [0.717, 1.165) is 0 Å². The summed E-state index contributed by atoms with van der Waals surface area (Å²) in [6.45, 7) is -0.217. The summed E-state index contributed by atoms with van der Waals surface area (Å²) < 4.78 is 12.8. The Morgan fingerprint density at radius 2 is 2.27 bits per heavy atom. The molecule has 0 N–H and O–H groups in total. The molecule has 0 saturated heterocycles. The van der Waals surface area contributed by atoms with E-state index < -0.39 is 5.82 Å². The van der Waals surface area contributed by atoms with E-state index in [9.17, 15) is 9.30 Å². The Hall–Kier alpha value is -0.960. The van der Waals surface area contributed by atoms with Crippen LogP contribution >= 0.6 is 11.6 Å². The molecule has 0 saturated carbocycles. The van der Waals surface area contributed by atoms with E-state index in [1.54, 1.807) is 0 Å². The topological polar surface area (TPSA) is 29.4 Å². The third kappa shape index (κ3) is 1.74. The molecule has 0 aromatic heterocycles. The van der Waals surface area contributed by atoms with Gasteiger partial charge in [0.15, 0.2) is 0 Å². The molecule has 0 amide bonds. The first-order valence-electron chi connectivity index (χ1n) is 2.97. The fraction of sp³-hybridized carbons (Fsp3) is 0.143. The zero-order valence-corrected chi connectivity index (χ0v) is 6.31. The maximum absolute atomic E-state index is 12.8. The van der Waals surface area contributed by atoms with Gasteiger partial charge in [-0.05, 0) is 12.1 Å². The van der Waals surface area contributed by atoms with Crippen LogP contribution in [-0.4, -0.2) is 0 Å². The van der Waals surface area contributed by atoms with Crippen LogP contribution in [-0.2, 0) is 6.54 Å². The molecule has 0 aliphatic rings. The van der Waals surface area contributed by atoms with Gasteiger partial charge in [0.25, 0.3) is 0 Å². The summed E-state index contributed by atoms with van der Waals surface area (Å²) in [6, 6.07) is 4.24. The van der Waals surface area contributed by atoms with Gasteiger partial charge in [-0.1, -0.05) is 22.8 Å². The molecule has 58 valence electrons. The van der Waals surface area contributed by atoms with Crippen LogP contribution in [0.3, 0.4) is 0 Å². The largest absolute Gasteiger partial charge is 0.207 e. The normalized spacial score (nSPS) is 9.64. The summed E-state index contributed by atoms with van der Waals surface area (Å²) in [4.78, 5) is 9.80. The first-order chi connectivity index (χ1) is 5.25. The van der Waals surface area contributed by atoms with Crippen LogP contribution in [0.1, 0.15) is 5.56 Å². The lowest BCUT2D eigenvalue weighted by molar-refractivity contribution is 0.610. The number of benzene rings is 1. The summed E-state index contributed by atoms with van der Waals surface area (Å²) in [5.41, 5.74) is 0.157. The zero-order valence-electron chi connectivity index (χ0n) is 5.55. The Labute approximate surface area is 68.0 Å². The summed E-state index contributed by atoms with van der Waals surface area (Å²) >= 11 is 5.57. The van der Waals surface area contributed by atoms with E-state index in [-0.39, 0.29) is 17.1 Å². The van der Waals surface area contributed by atoms with E-state index in [4.69, 9.17) is 11.6 Å². The minimum absolute atomic E-state index is 0.157. The van der Waals surface area contributed by atoms with Crippen molar-refractivity contribution in [1.82, 2.24) is 0 Å². The number of nitrogens with zero attached hydrogens (tertiary/aromatic N) is 1. The molecular formula is C7H5ClFNO. The van der Waals surface area contributed by atoms with E-state index in [1.807, 2.05) is 0 Å². The van der Waals surface area contributed by atoms with Crippen LogP contribution in [0.15, 0.2) is 23.4 Å². The van der Waals surface area contributed by atoms with Crippen LogP contribution in [0.25, 0.3) is 0 Å². The molecule has 0 bridgehead atoms. The second-order valence-electron chi connectivity index (χ2n) is 1.99. The van der Waals surface area contributed by atoms with Crippen molar-refractivity contribution in [2.75, 3.05) is 0 Å². The van der Waals surface area contributed by atoms with Crippen molar-refractivity contribution < 1.29 is 4.39 Å². The van der Waals surface area contributed by atoms with Crippen molar-refractivity contribution >= 4 is 11.6 Å². The lowest BCUT2D eigenvalue weighted by Crippen LogP contribution is -1.88. The fourth-order valence-corrected chi connectivity index (χ4v) is 0.971. The molecule has 0 heterocycles. The molecule has 1 rings (SSSR count). The van der Waals surface area contributed by atoms with Gasteiger partial charge in [-0.3, -0.25) is 0 Å². The van der Waals surface area contributed by atoms with Crippen molar-refractivity contribution in [3.63, 3.8) is 0 Å². The van der Waals surface area contributed by atoms with Crippen LogP contribution in [0, 0.1) is 10.7 Å². The van der Waals surface area contributed by atoms with Crippen LogP contribution in [0.4, 0.5) is 4.39 Å². The number of hydrogen-bond acceptors (Lipinski definition) is 2. The smallest absolute Gasteiger partial charge is 0.129 e. The van der Waals surface area contributed by atoms with Crippen molar-refractivity contribution in [2.24, 2.45) is 5.18 Å². The molecule has 0 aliphatic carbocycles.